The molecule has 0 radical (unpaired) electrons. The van der Waals surface area contributed by atoms with Crippen molar-refractivity contribution in [1.82, 2.24) is 5.32 Å². The summed E-state index contributed by atoms with van der Waals surface area (Å²) in [7, 11) is 0. The number of anilines is 1. The van der Waals surface area contributed by atoms with Gasteiger partial charge in [-0.2, -0.15) is 0 Å². The molecule has 0 bridgehead atoms. The summed E-state index contributed by atoms with van der Waals surface area (Å²) in [6.45, 7) is 0.176. The normalized spacial score (nSPS) is 10.1. The van der Waals surface area contributed by atoms with Gasteiger partial charge in [0.05, 0.1) is 4.92 Å². The molecule has 0 saturated carbocycles. The van der Waals surface area contributed by atoms with Gasteiger partial charge in [0.1, 0.15) is 5.75 Å². The number of nitrogens with zero attached hydrogens (tertiary/aromatic N) is 1. The number of nitro groups is 1. The van der Waals surface area contributed by atoms with Crippen molar-refractivity contribution < 1.29 is 19.2 Å². The van der Waals surface area contributed by atoms with Crippen LogP contribution < -0.4 is 15.4 Å². The van der Waals surface area contributed by atoms with Crippen LogP contribution in [0, 0.1) is 10.1 Å². The molecule has 3 aromatic carbocycles. The van der Waals surface area contributed by atoms with Gasteiger partial charge in [0.2, 0.25) is 0 Å². The van der Waals surface area contributed by atoms with E-state index in [1.54, 1.807) is 24.3 Å². The molecule has 30 heavy (non-hydrogen) atoms. The third kappa shape index (κ3) is 5.90. The summed E-state index contributed by atoms with van der Waals surface area (Å²) in [5.41, 5.74) is 1.94. The number of hydrogen-bond acceptors (Lipinski definition) is 5. The van der Waals surface area contributed by atoms with Gasteiger partial charge >= 0.3 is 0 Å². The van der Waals surface area contributed by atoms with Crippen molar-refractivity contribution in [2.24, 2.45) is 0 Å². The Hall–Kier alpha value is -4.20. The van der Waals surface area contributed by atoms with Crippen LogP contribution in [-0.2, 0) is 11.3 Å². The lowest BCUT2D eigenvalue weighted by Crippen LogP contribution is -2.23. The van der Waals surface area contributed by atoms with E-state index in [1.165, 1.54) is 24.3 Å². The summed E-state index contributed by atoms with van der Waals surface area (Å²) < 4.78 is 5.31. The lowest BCUT2D eigenvalue weighted by molar-refractivity contribution is -0.384. The number of nitro benzene ring substituents is 1. The molecule has 0 aliphatic heterocycles. The highest BCUT2D eigenvalue weighted by atomic mass is 16.6. The molecule has 0 fully saturated rings. The highest BCUT2D eigenvalue weighted by Gasteiger charge is 2.09. The third-order valence-electron chi connectivity index (χ3n) is 4.14. The largest absolute Gasteiger partial charge is 0.484 e. The van der Waals surface area contributed by atoms with Crippen LogP contribution in [0.2, 0.25) is 0 Å². The molecule has 8 heteroatoms. The highest BCUT2D eigenvalue weighted by molar-refractivity contribution is 5.96. The second kappa shape index (κ2) is 9.83. The van der Waals surface area contributed by atoms with Crippen LogP contribution in [0.4, 0.5) is 11.4 Å². The molecule has 0 unspecified atom stereocenters. The van der Waals surface area contributed by atoms with Crippen molar-refractivity contribution >= 4 is 23.2 Å². The van der Waals surface area contributed by atoms with Crippen molar-refractivity contribution in [3.05, 3.63) is 100 Å². The molecular formula is C22H19N3O5. The number of carbonyl (C=O) groups excluding carboxylic acids is 2. The van der Waals surface area contributed by atoms with Crippen LogP contribution in [-0.4, -0.2) is 23.3 Å². The van der Waals surface area contributed by atoms with Crippen LogP contribution >= 0.6 is 0 Å². The maximum absolute atomic E-state index is 12.2. The average molecular weight is 405 g/mol. The Kier molecular flexibility index (Phi) is 6.73. The molecule has 0 heterocycles. The predicted molar refractivity (Wildman–Crippen MR) is 111 cm³/mol. The number of hydrogen-bond donors (Lipinski definition) is 2. The monoisotopic (exact) mass is 405 g/mol. The van der Waals surface area contributed by atoms with Crippen LogP contribution in [0.25, 0.3) is 0 Å². The second-order valence-corrected chi connectivity index (χ2v) is 6.33. The Morgan fingerprint density at radius 2 is 1.57 bits per heavy atom. The third-order valence-corrected chi connectivity index (χ3v) is 4.14. The summed E-state index contributed by atoms with van der Waals surface area (Å²) in [4.78, 5) is 34.3. The van der Waals surface area contributed by atoms with E-state index in [9.17, 15) is 19.7 Å². The summed E-state index contributed by atoms with van der Waals surface area (Å²) >= 11 is 0. The molecule has 3 aromatic rings. The van der Waals surface area contributed by atoms with E-state index in [2.05, 4.69) is 10.6 Å². The average Bonchev–Trinajstić information content (AvgIpc) is 2.77. The second-order valence-electron chi connectivity index (χ2n) is 6.33. The van der Waals surface area contributed by atoms with E-state index in [4.69, 9.17) is 4.74 Å². The molecule has 2 N–H and O–H groups in total. The van der Waals surface area contributed by atoms with Gasteiger partial charge in [-0.25, -0.2) is 0 Å². The van der Waals surface area contributed by atoms with E-state index in [0.717, 1.165) is 5.56 Å². The maximum atomic E-state index is 12.2. The van der Waals surface area contributed by atoms with Gasteiger partial charge in [-0.05, 0) is 42.0 Å². The fourth-order valence-corrected chi connectivity index (χ4v) is 2.60. The lowest BCUT2D eigenvalue weighted by atomic mass is 10.1. The fraction of sp³-hybridized carbons (Fsp3) is 0.0909. The van der Waals surface area contributed by atoms with Crippen LogP contribution in [0.5, 0.6) is 5.75 Å². The Morgan fingerprint density at radius 1 is 0.900 bits per heavy atom. The molecule has 2 amide bonds. The number of ether oxygens (including phenoxy) is 1. The summed E-state index contributed by atoms with van der Waals surface area (Å²) in [6, 6.07) is 21.5. The minimum Gasteiger partial charge on any atom is -0.484 e. The Morgan fingerprint density at radius 3 is 2.20 bits per heavy atom. The van der Waals surface area contributed by atoms with Gasteiger partial charge < -0.3 is 15.4 Å². The molecule has 0 aliphatic carbocycles. The molecule has 8 nitrogen and oxygen atoms in total. The van der Waals surface area contributed by atoms with E-state index >= 15 is 0 Å². The minimum absolute atomic E-state index is 0.0558. The van der Waals surface area contributed by atoms with Crippen LogP contribution in [0.3, 0.4) is 0 Å². The zero-order valence-electron chi connectivity index (χ0n) is 15.9. The Balaban J connectivity index is 1.46. The zero-order chi connectivity index (χ0) is 21.3. The molecule has 0 atom stereocenters. The first-order chi connectivity index (χ1) is 14.5. The molecule has 3 rings (SSSR count). The van der Waals surface area contributed by atoms with E-state index in [0.29, 0.717) is 23.5 Å². The van der Waals surface area contributed by atoms with Crippen molar-refractivity contribution in [3.8, 4) is 5.75 Å². The van der Waals surface area contributed by atoms with E-state index < -0.39 is 10.8 Å². The standard InChI is InChI=1S/C22H19N3O5/c26-21(15-30-20-12-10-19(11-13-20)25(28)29)24-18-8-6-17(7-9-18)22(27)23-14-16-4-2-1-3-5-16/h1-13H,14-15H2,(H,23,27)(H,24,26). The van der Waals surface area contributed by atoms with Gasteiger partial charge in [0, 0.05) is 29.9 Å². The number of rotatable bonds is 8. The minimum atomic E-state index is -0.512. The van der Waals surface area contributed by atoms with E-state index in [-0.39, 0.29) is 18.2 Å². The fourth-order valence-electron chi connectivity index (χ4n) is 2.60. The quantitative estimate of drug-likeness (QED) is 0.440. The number of nitrogens with one attached hydrogen (secondary N) is 2. The van der Waals surface area contributed by atoms with Crippen molar-refractivity contribution in [1.29, 1.82) is 0 Å². The molecule has 0 saturated heterocycles. The number of amides is 2. The molecular weight excluding hydrogens is 386 g/mol. The topological polar surface area (TPSA) is 111 Å². The molecule has 152 valence electrons. The van der Waals surface area contributed by atoms with Crippen molar-refractivity contribution in [2.45, 2.75) is 6.54 Å². The molecule has 0 spiro atoms. The molecule has 0 aliphatic rings. The van der Waals surface area contributed by atoms with Gasteiger partial charge in [-0.3, -0.25) is 19.7 Å². The van der Waals surface area contributed by atoms with Crippen molar-refractivity contribution in [3.63, 3.8) is 0 Å². The summed E-state index contributed by atoms with van der Waals surface area (Å²) in [5.74, 6) is -0.256. The predicted octanol–water partition coefficient (Wildman–Crippen LogP) is 3.54. The lowest BCUT2D eigenvalue weighted by Gasteiger charge is -2.09. The van der Waals surface area contributed by atoms with Gasteiger partial charge in [-0.15, -0.1) is 0 Å². The number of benzene rings is 3. The van der Waals surface area contributed by atoms with Gasteiger partial charge in [0.15, 0.2) is 6.61 Å². The Bertz CT molecular complexity index is 1020. The zero-order valence-corrected chi connectivity index (χ0v) is 15.9. The first-order valence-corrected chi connectivity index (χ1v) is 9.10. The van der Waals surface area contributed by atoms with Gasteiger partial charge in [0.25, 0.3) is 17.5 Å². The highest BCUT2D eigenvalue weighted by Crippen LogP contribution is 2.17. The summed E-state index contributed by atoms with van der Waals surface area (Å²) in [6.07, 6.45) is 0. The summed E-state index contributed by atoms with van der Waals surface area (Å²) in [5, 5.41) is 16.1. The molecule has 0 aromatic heterocycles. The van der Waals surface area contributed by atoms with Crippen molar-refractivity contribution in [2.75, 3.05) is 11.9 Å². The maximum Gasteiger partial charge on any atom is 0.269 e. The first kappa shape index (κ1) is 20.5. The van der Waals surface area contributed by atoms with E-state index in [1.807, 2.05) is 30.3 Å². The smallest absolute Gasteiger partial charge is 0.269 e. The van der Waals surface area contributed by atoms with Gasteiger partial charge in [-0.1, -0.05) is 30.3 Å². The SMILES string of the molecule is O=C(COc1ccc([N+](=O)[O-])cc1)Nc1ccc(C(=O)NCc2ccccc2)cc1. The Labute approximate surface area is 172 Å². The number of carbonyl (C=O) groups is 2. The van der Waals surface area contributed by atoms with Crippen LogP contribution in [0.1, 0.15) is 15.9 Å². The number of non-ortho nitro benzene ring substituents is 1. The first-order valence-electron chi connectivity index (χ1n) is 9.10. The van der Waals surface area contributed by atoms with Crippen LogP contribution in [0.15, 0.2) is 78.9 Å².